The lowest BCUT2D eigenvalue weighted by Crippen LogP contribution is -2.45. The zero-order valence-electron chi connectivity index (χ0n) is 16.5. The standard InChI is InChI=1S/C23H27ClN2O2/c1-3-17-6-8-18(9-7-17)16(2)25-22(27)20-5-4-14-26(15-20)23(28)19-10-12-21(24)13-11-19/h6-13,16,20H,3-5,14-15H2,1-2H3,(H,25,27). The van der Waals surface area contributed by atoms with Gasteiger partial charge in [0.2, 0.25) is 5.91 Å². The van der Waals surface area contributed by atoms with Gasteiger partial charge in [-0.05, 0) is 61.6 Å². The molecule has 2 aromatic carbocycles. The van der Waals surface area contributed by atoms with Crippen LogP contribution in [0.5, 0.6) is 0 Å². The summed E-state index contributed by atoms with van der Waals surface area (Å²) >= 11 is 5.90. The minimum absolute atomic E-state index is 0.0145. The van der Waals surface area contributed by atoms with Crippen molar-refractivity contribution in [2.45, 2.75) is 39.2 Å². The Morgan fingerprint density at radius 2 is 1.82 bits per heavy atom. The highest BCUT2D eigenvalue weighted by Crippen LogP contribution is 2.21. The zero-order chi connectivity index (χ0) is 20.1. The molecule has 0 aromatic heterocycles. The van der Waals surface area contributed by atoms with E-state index >= 15 is 0 Å². The van der Waals surface area contributed by atoms with Gasteiger partial charge in [0.1, 0.15) is 0 Å². The van der Waals surface area contributed by atoms with Gasteiger partial charge in [-0.25, -0.2) is 0 Å². The van der Waals surface area contributed by atoms with Gasteiger partial charge in [0.05, 0.1) is 12.0 Å². The summed E-state index contributed by atoms with van der Waals surface area (Å²) in [6.45, 7) is 5.26. The summed E-state index contributed by atoms with van der Waals surface area (Å²) in [5.74, 6) is -0.208. The maximum absolute atomic E-state index is 12.8. The minimum Gasteiger partial charge on any atom is -0.349 e. The lowest BCUT2D eigenvalue weighted by molar-refractivity contribution is -0.127. The molecule has 1 fully saturated rings. The maximum atomic E-state index is 12.8. The predicted octanol–water partition coefficient (Wildman–Crippen LogP) is 4.63. The number of nitrogens with zero attached hydrogens (tertiary/aromatic N) is 1. The summed E-state index contributed by atoms with van der Waals surface area (Å²) in [4.78, 5) is 27.3. The van der Waals surface area contributed by atoms with Crippen molar-refractivity contribution in [2.24, 2.45) is 5.92 Å². The van der Waals surface area contributed by atoms with Crippen molar-refractivity contribution in [3.8, 4) is 0 Å². The largest absolute Gasteiger partial charge is 0.349 e. The summed E-state index contributed by atoms with van der Waals surface area (Å²) in [7, 11) is 0. The Labute approximate surface area is 171 Å². The lowest BCUT2D eigenvalue weighted by atomic mass is 9.95. The first-order valence-corrected chi connectivity index (χ1v) is 10.3. The highest BCUT2D eigenvalue weighted by Gasteiger charge is 2.29. The number of amides is 2. The summed E-state index contributed by atoms with van der Waals surface area (Å²) in [6, 6.07) is 15.2. The van der Waals surface area contributed by atoms with Crippen molar-refractivity contribution in [1.82, 2.24) is 10.2 Å². The van der Waals surface area contributed by atoms with E-state index in [-0.39, 0.29) is 23.8 Å². The van der Waals surface area contributed by atoms with Gasteiger partial charge in [-0.1, -0.05) is 42.8 Å². The molecule has 1 saturated heterocycles. The molecule has 3 rings (SSSR count). The van der Waals surface area contributed by atoms with Crippen molar-refractivity contribution in [2.75, 3.05) is 13.1 Å². The summed E-state index contributed by atoms with van der Waals surface area (Å²) < 4.78 is 0. The zero-order valence-corrected chi connectivity index (χ0v) is 17.2. The molecular weight excluding hydrogens is 372 g/mol. The van der Waals surface area contributed by atoms with Crippen molar-refractivity contribution in [3.05, 3.63) is 70.2 Å². The monoisotopic (exact) mass is 398 g/mol. The molecule has 1 aliphatic heterocycles. The molecule has 0 radical (unpaired) electrons. The summed E-state index contributed by atoms with van der Waals surface area (Å²) in [6.07, 6.45) is 2.63. The molecule has 28 heavy (non-hydrogen) atoms. The Kier molecular flexibility index (Phi) is 6.74. The molecule has 4 nitrogen and oxygen atoms in total. The topological polar surface area (TPSA) is 49.4 Å². The molecular formula is C23H27ClN2O2. The Balaban J connectivity index is 1.60. The molecule has 0 saturated carbocycles. The lowest BCUT2D eigenvalue weighted by Gasteiger charge is -2.32. The number of carbonyl (C=O) groups is 2. The van der Waals surface area contributed by atoms with Crippen LogP contribution in [0.2, 0.25) is 5.02 Å². The number of benzene rings is 2. The molecule has 2 aromatic rings. The van der Waals surface area contributed by atoms with Crippen LogP contribution in [0.4, 0.5) is 0 Å². The van der Waals surface area contributed by atoms with Gasteiger partial charge in [0.15, 0.2) is 0 Å². The SMILES string of the molecule is CCc1ccc(C(C)NC(=O)C2CCCN(C(=O)c3ccc(Cl)cc3)C2)cc1. The van der Waals surface area contributed by atoms with Gasteiger partial charge < -0.3 is 10.2 Å². The first kappa shape index (κ1) is 20.4. The number of piperidine rings is 1. The third-order valence-electron chi connectivity index (χ3n) is 5.42. The highest BCUT2D eigenvalue weighted by atomic mass is 35.5. The highest BCUT2D eigenvalue weighted by molar-refractivity contribution is 6.30. The minimum atomic E-state index is -0.178. The van der Waals surface area contributed by atoms with Crippen LogP contribution in [0.3, 0.4) is 0 Å². The summed E-state index contributed by atoms with van der Waals surface area (Å²) in [5.41, 5.74) is 2.98. The number of hydrogen-bond acceptors (Lipinski definition) is 2. The van der Waals surface area contributed by atoms with E-state index in [0.29, 0.717) is 23.7 Å². The second-order valence-corrected chi connectivity index (χ2v) is 7.86. The number of rotatable bonds is 5. The third kappa shape index (κ3) is 4.93. The van der Waals surface area contributed by atoms with Crippen LogP contribution in [0.25, 0.3) is 0 Å². The van der Waals surface area contributed by atoms with Crippen LogP contribution >= 0.6 is 11.6 Å². The van der Waals surface area contributed by atoms with Gasteiger partial charge >= 0.3 is 0 Å². The average molecular weight is 399 g/mol. The van der Waals surface area contributed by atoms with Crippen LogP contribution in [0, 0.1) is 5.92 Å². The van der Waals surface area contributed by atoms with Gasteiger partial charge in [-0.15, -0.1) is 0 Å². The molecule has 5 heteroatoms. The molecule has 2 unspecified atom stereocenters. The van der Waals surface area contributed by atoms with Crippen LogP contribution < -0.4 is 5.32 Å². The Hall–Kier alpha value is -2.33. The third-order valence-corrected chi connectivity index (χ3v) is 5.67. The molecule has 0 bridgehead atoms. The second-order valence-electron chi connectivity index (χ2n) is 7.42. The van der Waals surface area contributed by atoms with E-state index in [1.54, 1.807) is 29.2 Å². The average Bonchev–Trinajstić information content (AvgIpc) is 2.74. The number of carbonyl (C=O) groups excluding carboxylic acids is 2. The Morgan fingerprint density at radius 3 is 2.46 bits per heavy atom. The van der Waals surface area contributed by atoms with E-state index < -0.39 is 0 Å². The summed E-state index contributed by atoms with van der Waals surface area (Å²) in [5, 5.41) is 3.72. The van der Waals surface area contributed by atoms with Crippen LogP contribution in [-0.2, 0) is 11.2 Å². The molecule has 1 N–H and O–H groups in total. The number of halogens is 1. The number of nitrogens with one attached hydrogen (secondary N) is 1. The quantitative estimate of drug-likeness (QED) is 0.798. The Bertz CT molecular complexity index is 818. The molecule has 2 atom stereocenters. The fourth-order valence-corrected chi connectivity index (χ4v) is 3.73. The van der Waals surface area contributed by atoms with Crippen LogP contribution in [0.15, 0.2) is 48.5 Å². The van der Waals surface area contributed by atoms with Gasteiger partial charge in [-0.3, -0.25) is 9.59 Å². The molecule has 1 heterocycles. The first-order valence-electron chi connectivity index (χ1n) is 9.92. The van der Waals surface area contributed by atoms with E-state index in [0.717, 1.165) is 24.8 Å². The van der Waals surface area contributed by atoms with Crippen molar-refractivity contribution < 1.29 is 9.59 Å². The number of hydrogen-bond donors (Lipinski definition) is 1. The van der Waals surface area contributed by atoms with Crippen molar-refractivity contribution >= 4 is 23.4 Å². The molecule has 148 valence electrons. The van der Waals surface area contributed by atoms with Crippen LogP contribution in [0.1, 0.15) is 54.2 Å². The Morgan fingerprint density at radius 1 is 1.14 bits per heavy atom. The molecule has 0 aliphatic carbocycles. The first-order chi connectivity index (χ1) is 13.5. The van der Waals surface area contributed by atoms with Crippen LogP contribution in [-0.4, -0.2) is 29.8 Å². The maximum Gasteiger partial charge on any atom is 0.253 e. The van der Waals surface area contributed by atoms with E-state index in [4.69, 9.17) is 11.6 Å². The van der Waals surface area contributed by atoms with E-state index in [1.165, 1.54) is 5.56 Å². The van der Waals surface area contributed by atoms with Crippen molar-refractivity contribution in [3.63, 3.8) is 0 Å². The molecule has 1 aliphatic rings. The predicted molar refractivity (Wildman–Crippen MR) is 112 cm³/mol. The molecule has 2 amide bonds. The smallest absolute Gasteiger partial charge is 0.253 e. The number of aryl methyl sites for hydroxylation is 1. The normalized spacial score (nSPS) is 17.8. The van der Waals surface area contributed by atoms with Gasteiger partial charge in [0, 0.05) is 23.7 Å². The second kappa shape index (κ2) is 9.24. The van der Waals surface area contributed by atoms with Crippen molar-refractivity contribution in [1.29, 1.82) is 0 Å². The van der Waals surface area contributed by atoms with E-state index in [9.17, 15) is 9.59 Å². The van der Waals surface area contributed by atoms with Gasteiger partial charge in [0.25, 0.3) is 5.91 Å². The number of likely N-dealkylation sites (tertiary alicyclic amines) is 1. The fraction of sp³-hybridized carbons (Fsp3) is 0.391. The van der Waals surface area contributed by atoms with E-state index in [2.05, 4.69) is 36.5 Å². The van der Waals surface area contributed by atoms with Gasteiger partial charge in [-0.2, -0.15) is 0 Å². The van der Waals surface area contributed by atoms with E-state index in [1.807, 2.05) is 6.92 Å². The molecule has 0 spiro atoms. The fourth-order valence-electron chi connectivity index (χ4n) is 3.61.